The zero-order chi connectivity index (χ0) is 13.4. The van der Waals surface area contributed by atoms with Crippen LogP contribution in [0.4, 0.5) is 4.79 Å². The highest BCUT2D eigenvalue weighted by Gasteiger charge is 2.17. The molecule has 1 amide bonds. The summed E-state index contributed by atoms with van der Waals surface area (Å²) in [6, 6.07) is 3.86. The third-order valence-corrected chi connectivity index (χ3v) is 3.13. The van der Waals surface area contributed by atoms with Crippen molar-refractivity contribution in [3.05, 3.63) is 22.4 Å². The van der Waals surface area contributed by atoms with Gasteiger partial charge in [-0.2, -0.15) is 0 Å². The minimum atomic E-state index is -0.408. The molecule has 0 saturated heterocycles. The highest BCUT2D eigenvalue weighted by molar-refractivity contribution is 7.09. The van der Waals surface area contributed by atoms with Gasteiger partial charge in [-0.05, 0) is 18.4 Å². The second-order valence-electron chi connectivity index (χ2n) is 3.53. The minimum absolute atomic E-state index is 0.167. The molecule has 18 heavy (non-hydrogen) atoms. The van der Waals surface area contributed by atoms with Crippen molar-refractivity contribution in [1.82, 2.24) is 4.90 Å². The molecule has 0 aliphatic heterocycles. The number of ether oxygens (including phenoxy) is 2. The van der Waals surface area contributed by atoms with Gasteiger partial charge in [0.25, 0.3) is 0 Å². The summed E-state index contributed by atoms with van der Waals surface area (Å²) in [5.41, 5.74) is 0. The monoisotopic (exact) mass is 271 g/mol. The van der Waals surface area contributed by atoms with Gasteiger partial charge in [0, 0.05) is 11.4 Å². The Balaban J connectivity index is 2.57. The molecule has 1 heterocycles. The molecule has 6 heteroatoms. The Kier molecular flexibility index (Phi) is 6.21. The van der Waals surface area contributed by atoms with Gasteiger partial charge in [0.15, 0.2) is 0 Å². The van der Waals surface area contributed by atoms with Crippen molar-refractivity contribution in [3.63, 3.8) is 0 Å². The lowest BCUT2D eigenvalue weighted by atomic mass is 10.3. The summed E-state index contributed by atoms with van der Waals surface area (Å²) in [7, 11) is 1.33. The third-order valence-electron chi connectivity index (χ3n) is 2.27. The topological polar surface area (TPSA) is 55.8 Å². The molecule has 1 rings (SSSR count). The van der Waals surface area contributed by atoms with Crippen LogP contribution in [0.15, 0.2) is 17.5 Å². The largest absolute Gasteiger partial charge is 0.469 e. The Labute approximate surface area is 110 Å². The number of carbonyl (C=O) groups is 2. The first kappa shape index (κ1) is 14.5. The Morgan fingerprint density at radius 1 is 1.44 bits per heavy atom. The number of esters is 1. The first-order valence-electron chi connectivity index (χ1n) is 5.68. The third kappa shape index (κ3) is 4.75. The molecule has 5 nitrogen and oxygen atoms in total. The average molecular weight is 271 g/mol. The molecule has 100 valence electrons. The van der Waals surface area contributed by atoms with Crippen molar-refractivity contribution in [2.24, 2.45) is 0 Å². The maximum Gasteiger partial charge on any atom is 0.410 e. The van der Waals surface area contributed by atoms with E-state index in [2.05, 4.69) is 4.74 Å². The molecule has 0 spiro atoms. The van der Waals surface area contributed by atoms with Crippen molar-refractivity contribution in [1.29, 1.82) is 0 Å². The van der Waals surface area contributed by atoms with E-state index >= 15 is 0 Å². The smallest absolute Gasteiger partial charge is 0.410 e. The summed E-state index contributed by atoms with van der Waals surface area (Å²) in [6.45, 7) is 2.82. The van der Waals surface area contributed by atoms with Crippen LogP contribution in [0.2, 0.25) is 0 Å². The van der Waals surface area contributed by atoms with Gasteiger partial charge in [-0.15, -0.1) is 11.3 Å². The molecular formula is C12H17NO4S. The molecule has 0 fully saturated rings. The Morgan fingerprint density at radius 2 is 2.22 bits per heavy atom. The fraction of sp³-hybridized carbons (Fsp3) is 0.500. The second kappa shape index (κ2) is 7.71. The highest BCUT2D eigenvalue weighted by Crippen LogP contribution is 2.13. The molecule has 0 aliphatic carbocycles. The van der Waals surface area contributed by atoms with Crippen molar-refractivity contribution < 1.29 is 19.1 Å². The fourth-order valence-corrected chi connectivity index (χ4v) is 2.09. The van der Waals surface area contributed by atoms with Crippen LogP contribution >= 0.6 is 11.3 Å². The van der Waals surface area contributed by atoms with E-state index in [1.165, 1.54) is 12.0 Å². The van der Waals surface area contributed by atoms with Crippen LogP contribution in [0.1, 0.15) is 18.2 Å². The first-order valence-corrected chi connectivity index (χ1v) is 6.56. The predicted molar refractivity (Wildman–Crippen MR) is 68.4 cm³/mol. The summed E-state index contributed by atoms with van der Waals surface area (Å²) < 4.78 is 9.52. The van der Waals surface area contributed by atoms with Gasteiger partial charge in [-0.3, -0.25) is 4.79 Å². The quantitative estimate of drug-likeness (QED) is 0.745. The lowest BCUT2D eigenvalue weighted by molar-refractivity contribution is -0.140. The van der Waals surface area contributed by atoms with Crippen LogP contribution in [0, 0.1) is 0 Å². The number of nitrogens with zero attached hydrogens (tertiary/aromatic N) is 1. The summed E-state index contributed by atoms with van der Waals surface area (Å²) >= 11 is 1.56. The Morgan fingerprint density at radius 3 is 2.78 bits per heavy atom. The first-order chi connectivity index (χ1) is 8.67. The van der Waals surface area contributed by atoms with Crippen LogP contribution in [0.5, 0.6) is 0 Å². The van der Waals surface area contributed by atoms with Crippen LogP contribution in [-0.2, 0) is 20.8 Å². The summed E-state index contributed by atoms with van der Waals surface area (Å²) in [5, 5.41) is 1.94. The zero-order valence-electron chi connectivity index (χ0n) is 10.5. The van der Waals surface area contributed by atoms with Gasteiger partial charge >= 0.3 is 12.1 Å². The number of methoxy groups -OCH3 is 1. The van der Waals surface area contributed by atoms with E-state index in [-0.39, 0.29) is 12.4 Å². The van der Waals surface area contributed by atoms with Crippen LogP contribution in [0.25, 0.3) is 0 Å². The number of thiophene rings is 1. The molecule has 0 saturated carbocycles. The van der Waals surface area contributed by atoms with E-state index in [4.69, 9.17) is 4.74 Å². The number of hydrogen-bond donors (Lipinski definition) is 0. The minimum Gasteiger partial charge on any atom is -0.469 e. The standard InChI is InChI=1S/C12H17NO4S/c1-3-17-12(15)13(7-6-11(14)16-2)9-10-5-4-8-18-10/h4-5,8H,3,6-7,9H2,1-2H3. The van der Waals surface area contributed by atoms with Crippen molar-refractivity contribution in [2.75, 3.05) is 20.3 Å². The Hall–Kier alpha value is -1.56. The van der Waals surface area contributed by atoms with E-state index in [1.807, 2.05) is 17.5 Å². The summed E-state index contributed by atoms with van der Waals surface area (Å²) in [4.78, 5) is 25.4. The second-order valence-corrected chi connectivity index (χ2v) is 4.56. The van der Waals surface area contributed by atoms with Crippen LogP contribution < -0.4 is 0 Å². The predicted octanol–water partition coefficient (Wildman–Crippen LogP) is 2.27. The molecule has 0 aromatic carbocycles. The van der Waals surface area contributed by atoms with E-state index in [9.17, 15) is 9.59 Å². The molecule has 1 aromatic heterocycles. The van der Waals surface area contributed by atoms with E-state index < -0.39 is 6.09 Å². The molecular weight excluding hydrogens is 254 g/mol. The lowest BCUT2D eigenvalue weighted by Crippen LogP contribution is -2.33. The number of hydrogen-bond acceptors (Lipinski definition) is 5. The number of rotatable bonds is 6. The maximum atomic E-state index is 11.7. The molecule has 0 atom stereocenters. The SMILES string of the molecule is CCOC(=O)N(CCC(=O)OC)Cc1cccs1. The Bertz CT molecular complexity index is 377. The molecule has 1 aromatic rings. The highest BCUT2D eigenvalue weighted by atomic mass is 32.1. The van der Waals surface area contributed by atoms with Crippen molar-refractivity contribution >= 4 is 23.4 Å². The van der Waals surface area contributed by atoms with Crippen LogP contribution in [-0.4, -0.2) is 37.2 Å². The van der Waals surface area contributed by atoms with Gasteiger partial charge in [0.1, 0.15) is 0 Å². The molecule has 0 N–H and O–H groups in total. The van der Waals surface area contributed by atoms with Gasteiger partial charge in [0.2, 0.25) is 0 Å². The molecule has 0 radical (unpaired) electrons. The number of amides is 1. The normalized spacial score (nSPS) is 9.89. The lowest BCUT2D eigenvalue weighted by Gasteiger charge is -2.20. The van der Waals surface area contributed by atoms with E-state index in [0.29, 0.717) is 19.7 Å². The van der Waals surface area contributed by atoms with Gasteiger partial charge in [-0.25, -0.2) is 4.79 Å². The molecule has 0 bridgehead atoms. The van der Waals surface area contributed by atoms with Crippen molar-refractivity contribution in [3.8, 4) is 0 Å². The molecule has 0 aliphatic rings. The van der Waals surface area contributed by atoms with Gasteiger partial charge < -0.3 is 14.4 Å². The maximum absolute atomic E-state index is 11.7. The zero-order valence-corrected chi connectivity index (χ0v) is 11.4. The fourth-order valence-electron chi connectivity index (χ4n) is 1.37. The van der Waals surface area contributed by atoms with E-state index in [1.54, 1.807) is 18.3 Å². The van der Waals surface area contributed by atoms with Gasteiger partial charge in [-0.1, -0.05) is 6.07 Å². The molecule has 0 unspecified atom stereocenters. The van der Waals surface area contributed by atoms with Crippen molar-refractivity contribution in [2.45, 2.75) is 19.9 Å². The summed E-state index contributed by atoms with van der Waals surface area (Å²) in [5.74, 6) is -0.338. The summed E-state index contributed by atoms with van der Waals surface area (Å²) in [6.07, 6.45) is -0.240. The average Bonchev–Trinajstić information content (AvgIpc) is 2.87. The number of carbonyl (C=O) groups excluding carboxylic acids is 2. The van der Waals surface area contributed by atoms with E-state index in [0.717, 1.165) is 4.88 Å². The van der Waals surface area contributed by atoms with Crippen LogP contribution in [0.3, 0.4) is 0 Å². The van der Waals surface area contributed by atoms with Gasteiger partial charge in [0.05, 0.1) is 26.7 Å².